The number of carbonyl (C=O) groups excluding carboxylic acids is 1. The van der Waals surface area contributed by atoms with E-state index in [0.717, 1.165) is 0 Å². The molecule has 11 heavy (non-hydrogen) atoms. The Balaban J connectivity index is 2.81. The van der Waals surface area contributed by atoms with Crippen LogP contribution in [0.3, 0.4) is 0 Å². The van der Waals surface area contributed by atoms with E-state index in [9.17, 15) is 9.59 Å². The van der Waals surface area contributed by atoms with Gasteiger partial charge in [0.2, 0.25) is 6.41 Å². The maximum Gasteiger partial charge on any atom is 0.353 e. The normalized spacial score (nSPS) is 9.09. The lowest BCUT2D eigenvalue weighted by molar-refractivity contribution is -0.105. The van der Waals surface area contributed by atoms with E-state index in [4.69, 9.17) is 5.11 Å². The summed E-state index contributed by atoms with van der Waals surface area (Å²) in [5, 5.41) is 16.3. The molecular weight excluding hydrogens is 150 g/mol. The number of amides is 1. The first-order valence-electron chi connectivity index (χ1n) is 2.73. The molecule has 0 fully saturated rings. The fourth-order valence-corrected chi connectivity index (χ4v) is 0.566. The van der Waals surface area contributed by atoms with Crippen LogP contribution >= 0.6 is 0 Å². The summed E-state index contributed by atoms with van der Waals surface area (Å²) in [6.45, 7) is 0. The van der Waals surface area contributed by atoms with Gasteiger partial charge in [0.25, 0.3) is 0 Å². The van der Waals surface area contributed by atoms with Crippen LogP contribution in [-0.2, 0) is 4.79 Å². The number of aromatic nitrogens is 2. The Morgan fingerprint density at radius 3 is 3.00 bits per heavy atom. The van der Waals surface area contributed by atoms with Crippen molar-refractivity contribution in [3.63, 3.8) is 0 Å². The lowest BCUT2D eigenvalue weighted by atomic mass is 10.4. The summed E-state index contributed by atoms with van der Waals surface area (Å²) in [7, 11) is 0. The van der Waals surface area contributed by atoms with Crippen LogP contribution in [0.25, 0.3) is 0 Å². The third-order valence-electron chi connectivity index (χ3n) is 1.02. The first-order valence-corrected chi connectivity index (χ1v) is 2.73. The summed E-state index contributed by atoms with van der Waals surface area (Å²) >= 11 is 0. The summed E-state index contributed by atoms with van der Waals surface area (Å²) in [5.74, 6) is -0.922. The van der Waals surface area contributed by atoms with Crippen LogP contribution in [0.4, 0.5) is 5.82 Å². The van der Waals surface area contributed by atoms with Crippen molar-refractivity contribution in [2.45, 2.75) is 0 Å². The summed E-state index contributed by atoms with van der Waals surface area (Å²) in [6.07, 6.45) is 0.418. The third kappa shape index (κ3) is 1.54. The minimum Gasteiger partial charge on any atom is -0.477 e. The van der Waals surface area contributed by atoms with Gasteiger partial charge in [-0.1, -0.05) is 0 Å². The number of rotatable bonds is 3. The quantitative estimate of drug-likeness (QED) is 0.521. The number of nitrogens with zero attached hydrogens (tertiary/aromatic N) is 1. The van der Waals surface area contributed by atoms with Crippen molar-refractivity contribution >= 4 is 18.2 Å². The third-order valence-corrected chi connectivity index (χ3v) is 1.02. The molecule has 1 aromatic heterocycles. The number of H-pyrrole nitrogens is 1. The summed E-state index contributed by atoms with van der Waals surface area (Å²) < 4.78 is 0. The molecular formula is C5H5N3O3. The average molecular weight is 155 g/mol. The van der Waals surface area contributed by atoms with E-state index in [-0.39, 0.29) is 11.5 Å². The highest BCUT2D eigenvalue weighted by atomic mass is 16.4. The van der Waals surface area contributed by atoms with E-state index >= 15 is 0 Å². The number of carbonyl (C=O) groups is 2. The zero-order valence-corrected chi connectivity index (χ0v) is 5.37. The van der Waals surface area contributed by atoms with Crippen LogP contribution in [0.1, 0.15) is 10.5 Å². The van der Waals surface area contributed by atoms with Crippen molar-refractivity contribution < 1.29 is 14.7 Å². The Kier molecular flexibility index (Phi) is 1.86. The fraction of sp³-hybridized carbons (Fsp3) is 0. The van der Waals surface area contributed by atoms with Crippen LogP contribution in [0.15, 0.2) is 6.07 Å². The molecule has 0 saturated carbocycles. The number of carboxylic acids is 1. The van der Waals surface area contributed by atoms with Crippen LogP contribution in [-0.4, -0.2) is 27.7 Å². The van der Waals surface area contributed by atoms with Gasteiger partial charge in [-0.3, -0.25) is 9.89 Å². The van der Waals surface area contributed by atoms with Gasteiger partial charge in [-0.2, -0.15) is 5.10 Å². The zero-order valence-electron chi connectivity index (χ0n) is 5.37. The molecule has 3 N–H and O–H groups in total. The van der Waals surface area contributed by atoms with E-state index < -0.39 is 5.97 Å². The lowest BCUT2D eigenvalue weighted by Crippen LogP contribution is -1.95. The van der Waals surface area contributed by atoms with Gasteiger partial charge < -0.3 is 10.4 Å². The first-order chi connectivity index (χ1) is 5.24. The molecule has 6 nitrogen and oxygen atoms in total. The minimum atomic E-state index is -1.11. The van der Waals surface area contributed by atoms with Gasteiger partial charge in [-0.05, 0) is 0 Å². The SMILES string of the molecule is O=CNc1cc(C(=O)O)[nH]n1. The van der Waals surface area contributed by atoms with E-state index in [1.165, 1.54) is 6.07 Å². The van der Waals surface area contributed by atoms with Crippen molar-refractivity contribution in [3.8, 4) is 0 Å². The largest absolute Gasteiger partial charge is 0.477 e. The first kappa shape index (κ1) is 7.26. The second-order valence-corrected chi connectivity index (χ2v) is 1.73. The van der Waals surface area contributed by atoms with Gasteiger partial charge in [0.1, 0.15) is 5.69 Å². The summed E-state index contributed by atoms with van der Waals surface area (Å²) in [4.78, 5) is 20.1. The number of nitrogens with one attached hydrogen (secondary N) is 2. The Hall–Kier alpha value is -1.85. The maximum atomic E-state index is 10.2. The van der Waals surface area contributed by atoms with Crippen LogP contribution in [0.5, 0.6) is 0 Å². The van der Waals surface area contributed by atoms with Gasteiger partial charge in [-0.25, -0.2) is 4.79 Å². The number of anilines is 1. The zero-order chi connectivity index (χ0) is 8.27. The van der Waals surface area contributed by atoms with Gasteiger partial charge in [-0.15, -0.1) is 0 Å². The van der Waals surface area contributed by atoms with Crippen molar-refractivity contribution in [1.82, 2.24) is 10.2 Å². The Bertz CT molecular complexity index is 280. The molecule has 0 spiro atoms. The number of carboxylic acid groups (broad SMARTS) is 1. The Morgan fingerprint density at radius 1 is 1.82 bits per heavy atom. The summed E-state index contributed by atoms with van der Waals surface area (Å²) in [5.41, 5.74) is -0.0608. The standard InChI is InChI=1S/C5H5N3O3/c9-2-6-4-1-3(5(10)11)7-8-4/h1-2H,(H,10,11)(H2,6,7,8,9). The summed E-state index contributed by atoms with van der Waals surface area (Å²) in [6, 6.07) is 1.22. The predicted molar refractivity (Wildman–Crippen MR) is 35.2 cm³/mol. The Morgan fingerprint density at radius 2 is 2.55 bits per heavy atom. The number of hydrogen-bond acceptors (Lipinski definition) is 3. The molecule has 0 aliphatic heterocycles. The van der Waals surface area contributed by atoms with Crippen molar-refractivity contribution in [2.24, 2.45) is 0 Å². The predicted octanol–water partition coefficient (Wildman–Crippen LogP) is -0.324. The second-order valence-electron chi connectivity index (χ2n) is 1.73. The van der Waals surface area contributed by atoms with Crippen molar-refractivity contribution in [2.75, 3.05) is 5.32 Å². The molecule has 58 valence electrons. The molecule has 0 radical (unpaired) electrons. The molecule has 1 amide bonds. The second kappa shape index (κ2) is 2.82. The fourth-order valence-electron chi connectivity index (χ4n) is 0.566. The van der Waals surface area contributed by atoms with Gasteiger partial charge >= 0.3 is 5.97 Å². The molecule has 0 atom stereocenters. The molecule has 1 heterocycles. The average Bonchev–Trinajstić information content (AvgIpc) is 2.37. The minimum absolute atomic E-state index is 0.0608. The van der Waals surface area contributed by atoms with Crippen molar-refractivity contribution in [1.29, 1.82) is 0 Å². The van der Waals surface area contributed by atoms with Crippen LogP contribution in [0, 0.1) is 0 Å². The van der Waals surface area contributed by atoms with E-state index in [0.29, 0.717) is 6.41 Å². The molecule has 0 aliphatic carbocycles. The van der Waals surface area contributed by atoms with E-state index in [2.05, 4.69) is 15.5 Å². The molecule has 0 bridgehead atoms. The molecule has 0 saturated heterocycles. The number of aromatic carboxylic acids is 1. The highest BCUT2D eigenvalue weighted by Gasteiger charge is 2.05. The maximum absolute atomic E-state index is 10.2. The topological polar surface area (TPSA) is 95.1 Å². The molecule has 0 aliphatic rings. The molecule has 1 aromatic rings. The van der Waals surface area contributed by atoms with E-state index in [1.807, 2.05) is 0 Å². The molecule has 0 unspecified atom stereocenters. The molecule has 1 rings (SSSR count). The van der Waals surface area contributed by atoms with E-state index in [1.54, 1.807) is 0 Å². The van der Waals surface area contributed by atoms with Crippen molar-refractivity contribution in [3.05, 3.63) is 11.8 Å². The van der Waals surface area contributed by atoms with Crippen LogP contribution < -0.4 is 5.32 Å². The van der Waals surface area contributed by atoms with Gasteiger partial charge in [0, 0.05) is 6.07 Å². The number of aromatic amines is 1. The highest BCUT2D eigenvalue weighted by Crippen LogP contribution is 2.02. The van der Waals surface area contributed by atoms with Gasteiger partial charge in [0.05, 0.1) is 0 Å². The molecule has 0 aromatic carbocycles. The van der Waals surface area contributed by atoms with Gasteiger partial charge in [0.15, 0.2) is 5.82 Å². The lowest BCUT2D eigenvalue weighted by Gasteiger charge is -1.83. The highest BCUT2D eigenvalue weighted by molar-refractivity contribution is 5.87. The number of hydrogen-bond donors (Lipinski definition) is 3. The molecule has 6 heteroatoms. The smallest absolute Gasteiger partial charge is 0.353 e. The monoisotopic (exact) mass is 155 g/mol. The Labute approximate surface area is 61.2 Å². The van der Waals surface area contributed by atoms with Crippen LogP contribution in [0.2, 0.25) is 0 Å².